The molecule has 3 heteroatoms. The second-order valence-electron chi connectivity index (χ2n) is 5.24. The van der Waals surface area contributed by atoms with Crippen LogP contribution < -0.4 is 0 Å². The lowest BCUT2D eigenvalue weighted by atomic mass is 10.1. The van der Waals surface area contributed by atoms with Gasteiger partial charge in [0.2, 0.25) is 0 Å². The summed E-state index contributed by atoms with van der Waals surface area (Å²) in [7, 11) is 0. The lowest BCUT2D eigenvalue weighted by Crippen LogP contribution is -2.40. The first-order valence-electron chi connectivity index (χ1n) is 8.28. The second-order valence-corrected chi connectivity index (χ2v) is 5.24. The highest BCUT2D eigenvalue weighted by Crippen LogP contribution is 2.06. The molecule has 116 valence electrons. The molecule has 2 aliphatic heterocycles. The van der Waals surface area contributed by atoms with Crippen molar-refractivity contribution in [1.29, 1.82) is 0 Å². The van der Waals surface area contributed by atoms with E-state index < -0.39 is 0 Å². The summed E-state index contributed by atoms with van der Waals surface area (Å²) in [6.45, 7) is 18.7. The van der Waals surface area contributed by atoms with Crippen LogP contribution in [0.25, 0.3) is 0 Å². The molecule has 0 unspecified atom stereocenters. The fourth-order valence-electron chi connectivity index (χ4n) is 2.37. The third-order valence-corrected chi connectivity index (χ3v) is 3.67. The molecule has 0 aliphatic carbocycles. The number of morpholine rings is 1. The largest absolute Gasteiger partial charge is 0.379 e. The van der Waals surface area contributed by atoms with Crippen molar-refractivity contribution < 1.29 is 4.74 Å². The van der Waals surface area contributed by atoms with Crippen LogP contribution in [-0.4, -0.2) is 61.8 Å². The highest BCUT2D eigenvalue weighted by Gasteiger charge is 2.12. The molecule has 0 aromatic rings. The van der Waals surface area contributed by atoms with E-state index in [1.807, 2.05) is 13.8 Å². The van der Waals surface area contributed by atoms with Gasteiger partial charge >= 0.3 is 0 Å². The zero-order valence-electron chi connectivity index (χ0n) is 14.0. The Bertz CT molecular complexity index is 174. The molecule has 0 N–H and O–H groups in total. The molecule has 0 bridgehead atoms. The van der Waals surface area contributed by atoms with Crippen LogP contribution in [0.2, 0.25) is 0 Å². The van der Waals surface area contributed by atoms with E-state index in [0.29, 0.717) is 6.04 Å². The second kappa shape index (κ2) is 12.9. The van der Waals surface area contributed by atoms with Gasteiger partial charge in [0.15, 0.2) is 0 Å². The normalized spacial score (nSPS) is 21.2. The minimum absolute atomic E-state index is 0.689. The molecule has 2 rings (SSSR count). The van der Waals surface area contributed by atoms with E-state index in [1.165, 1.54) is 38.9 Å². The predicted molar refractivity (Wildman–Crippen MR) is 84.8 cm³/mol. The molecule has 2 aliphatic rings. The summed E-state index contributed by atoms with van der Waals surface area (Å²) in [5, 5.41) is 0. The average molecular weight is 272 g/mol. The Kier molecular flexibility index (Phi) is 12.8. The van der Waals surface area contributed by atoms with Gasteiger partial charge in [0.05, 0.1) is 13.2 Å². The Morgan fingerprint density at radius 1 is 0.895 bits per heavy atom. The first kappa shape index (κ1) is 18.9. The van der Waals surface area contributed by atoms with Crippen molar-refractivity contribution in [2.24, 2.45) is 0 Å². The Hall–Kier alpha value is -0.120. The number of likely N-dealkylation sites (tertiary alicyclic amines) is 1. The van der Waals surface area contributed by atoms with Crippen LogP contribution in [0, 0.1) is 0 Å². The van der Waals surface area contributed by atoms with Gasteiger partial charge in [-0.25, -0.2) is 0 Å². The standard InChI is InChI=1S/C7H15NO.C7H15N.C2H6/c1-7(2)8-3-5-9-6-4-8;1-2-8-6-4-3-5-7-8;1-2/h7H,3-6H2,1-2H3;2-7H2,1H3;1-2H3. The molecule has 0 spiro atoms. The molecule has 2 saturated heterocycles. The highest BCUT2D eigenvalue weighted by molar-refractivity contribution is 4.65. The van der Waals surface area contributed by atoms with Crippen molar-refractivity contribution in [3.8, 4) is 0 Å². The Morgan fingerprint density at radius 2 is 1.42 bits per heavy atom. The van der Waals surface area contributed by atoms with Crippen molar-refractivity contribution in [3.63, 3.8) is 0 Å². The number of ether oxygens (including phenoxy) is 1. The summed E-state index contributed by atoms with van der Waals surface area (Å²) >= 11 is 0. The van der Waals surface area contributed by atoms with Gasteiger partial charge in [-0.3, -0.25) is 4.90 Å². The molecular formula is C16H36N2O. The van der Waals surface area contributed by atoms with Crippen LogP contribution >= 0.6 is 0 Å². The molecule has 19 heavy (non-hydrogen) atoms. The molecule has 0 saturated carbocycles. The summed E-state index contributed by atoms with van der Waals surface area (Å²) in [6.07, 6.45) is 4.30. The van der Waals surface area contributed by atoms with E-state index in [2.05, 4.69) is 30.6 Å². The van der Waals surface area contributed by atoms with Gasteiger partial charge in [-0.15, -0.1) is 0 Å². The minimum Gasteiger partial charge on any atom is -0.379 e. The summed E-state index contributed by atoms with van der Waals surface area (Å²) in [4.78, 5) is 4.95. The third-order valence-electron chi connectivity index (χ3n) is 3.67. The number of hydrogen-bond acceptors (Lipinski definition) is 3. The van der Waals surface area contributed by atoms with Crippen LogP contribution in [0.3, 0.4) is 0 Å². The zero-order valence-corrected chi connectivity index (χ0v) is 14.0. The summed E-state index contributed by atoms with van der Waals surface area (Å²) in [5.41, 5.74) is 0. The molecule has 0 amide bonds. The Labute approximate surface area is 121 Å². The van der Waals surface area contributed by atoms with Gasteiger partial charge in [-0.2, -0.15) is 0 Å². The van der Waals surface area contributed by atoms with E-state index in [0.717, 1.165) is 26.3 Å². The number of piperidine rings is 1. The molecule has 0 aromatic carbocycles. The van der Waals surface area contributed by atoms with Crippen LogP contribution in [0.4, 0.5) is 0 Å². The molecule has 0 aromatic heterocycles. The maximum Gasteiger partial charge on any atom is 0.0594 e. The molecule has 0 atom stereocenters. The summed E-state index contributed by atoms with van der Waals surface area (Å²) in [5.74, 6) is 0. The summed E-state index contributed by atoms with van der Waals surface area (Å²) < 4.78 is 5.21. The molecular weight excluding hydrogens is 236 g/mol. The van der Waals surface area contributed by atoms with Crippen molar-refractivity contribution in [3.05, 3.63) is 0 Å². The number of nitrogens with zero attached hydrogens (tertiary/aromatic N) is 2. The molecule has 2 heterocycles. The van der Waals surface area contributed by atoms with Gasteiger partial charge in [0.25, 0.3) is 0 Å². The maximum absolute atomic E-state index is 5.21. The Morgan fingerprint density at radius 3 is 1.74 bits per heavy atom. The molecule has 3 nitrogen and oxygen atoms in total. The maximum atomic E-state index is 5.21. The fourth-order valence-corrected chi connectivity index (χ4v) is 2.37. The lowest BCUT2D eigenvalue weighted by molar-refractivity contribution is 0.0238. The zero-order chi connectivity index (χ0) is 14.5. The van der Waals surface area contributed by atoms with Crippen LogP contribution in [0.15, 0.2) is 0 Å². The molecule has 0 radical (unpaired) electrons. The van der Waals surface area contributed by atoms with Crippen molar-refractivity contribution >= 4 is 0 Å². The van der Waals surface area contributed by atoms with Crippen LogP contribution in [0.1, 0.15) is 53.9 Å². The topological polar surface area (TPSA) is 15.7 Å². The van der Waals surface area contributed by atoms with E-state index in [1.54, 1.807) is 0 Å². The van der Waals surface area contributed by atoms with Gasteiger partial charge in [0.1, 0.15) is 0 Å². The van der Waals surface area contributed by atoms with E-state index in [4.69, 9.17) is 4.74 Å². The van der Waals surface area contributed by atoms with Crippen molar-refractivity contribution in [2.45, 2.75) is 59.9 Å². The number of hydrogen-bond donors (Lipinski definition) is 0. The third kappa shape index (κ3) is 9.42. The quantitative estimate of drug-likeness (QED) is 0.767. The average Bonchev–Trinajstić information content (AvgIpc) is 2.51. The SMILES string of the molecule is CC.CC(C)N1CCOCC1.CCN1CCCCC1. The smallest absolute Gasteiger partial charge is 0.0594 e. The van der Waals surface area contributed by atoms with Crippen molar-refractivity contribution in [1.82, 2.24) is 9.80 Å². The fraction of sp³-hybridized carbons (Fsp3) is 1.00. The van der Waals surface area contributed by atoms with Gasteiger partial charge in [-0.1, -0.05) is 27.2 Å². The van der Waals surface area contributed by atoms with E-state index in [-0.39, 0.29) is 0 Å². The summed E-state index contributed by atoms with van der Waals surface area (Å²) in [6, 6.07) is 0.689. The molecule has 2 fully saturated rings. The van der Waals surface area contributed by atoms with Gasteiger partial charge in [-0.05, 0) is 46.3 Å². The van der Waals surface area contributed by atoms with Crippen LogP contribution in [0.5, 0.6) is 0 Å². The highest BCUT2D eigenvalue weighted by atomic mass is 16.5. The lowest BCUT2D eigenvalue weighted by Gasteiger charge is -2.29. The van der Waals surface area contributed by atoms with E-state index >= 15 is 0 Å². The predicted octanol–water partition coefficient (Wildman–Crippen LogP) is 3.25. The first-order valence-corrected chi connectivity index (χ1v) is 8.28. The minimum atomic E-state index is 0.689. The van der Waals surface area contributed by atoms with E-state index in [9.17, 15) is 0 Å². The van der Waals surface area contributed by atoms with Gasteiger partial charge < -0.3 is 9.64 Å². The van der Waals surface area contributed by atoms with Crippen LogP contribution in [-0.2, 0) is 4.74 Å². The van der Waals surface area contributed by atoms with Crippen molar-refractivity contribution in [2.75, 3.05) is 45.9 Å². The monoisotopic (exact) mass is 272 g/mol. The first-order chi connectivity index (χ1) is 9.24. The van der Waals surface area contributed by atoms with Gasteiger partial charge in [0, 0.05) is 19.1 Å². The number of rotatable bonds is 2. The Balaban J connectivity index is 0.000000303.